The molecule has 1 aliphatic heterocycles. The van der Waals surface area contributed by atoms with Gasteiger partial charge in [-0.1, -0.05) is 17.7 Å². The van der Waals surface area contributed by atoms with Crippen LogP contribution in [-0.2, 0) is 0 Å². The summed E-state index contributed by atoms with van der Waals surface area (Å²) in [5, 5.41) is 9.01. The van der Waals surface area contributed by atoms with E-state index in [1.165, 1.54) is 0 Å². The van der Waals surface area contributed by atoms with E-state index in [0.29, 0.717) is 18.6 Å². The number of hydrogen-bond acceptors (Lipinski definition) is 2. The highest BCUT2D eigenvalue weighted by atomic mass is 35.5. The van der Waals surface area contributed by atoms with Crippen molar-refractivity contribution in [3.63, 3.8) is 0 Å². The van der Waals surface area contributed by atoms with Crippen LogP contribution in [0.4, 0.5) is 0 Å². The summed E-state index contributed by atoms with van der Waals surface area (Å²) >= 11 is 5.44. The molecule has 0 aromatic heterocycles. The van der Waals surface area contributed by atoms with Gasteiger partial charge in [-0.2, -0.15) is 0 Å². The van der Waals surface area contributed by atoms with Gasteiger partial charge in [0.05, 0.1) is 0 Å². The lowest BCUT2D eigenvalue weighted by molar-refractivity contribution is 0.184. The van der Waals surface area contributed by atoms with Gasteiger partial charge < -0.3 is 5.11 Å². The van der Waals surface area contributed by atoms with E-state index in [2.05, 4.69) is 11.8 Å². The van der Waals surface area contributed by atoms with E-state index in [1.54, 1.807) is 5.54 Å². The van der Waals surface area contributed by atoms with Crippen LogP contribution in [0.2, 0.25) is 0 Å². The first-order valence-electron chi connectivity index (χ1n) is 4.39. The summed E-state index contributed by atoms with van der Waals surface area (Å²) in [7, 11) is 0. The molecule has 0 spiro atoms. The fourth-order valence-corrected chi connectivity index (χ4v) is 1.83. The van der Waals surface area contributed by atoms with E-state index in [1.807, 2.05) is 6.08 Å². The van der Waals surface area contributed by atoms with Gasteiger partial charge in [-0.3, -0.25) is 4.90 Å². The summed E-state index contributed by atoms with van der Waals surface area (Å²) in [5.41, 5.74) is 1.55. The minimum absolute atomic E-state index is 0.308. The highest BCUT2D eigenvalue weighted by Gasteiger charge is 2.28. The second-order valence-electron chi connectivity index (χ2n) is 3.33. The summed E-state index contributed by atoms with van der Waals surface area (Å²) in [4.78, 5) is 2.33. The molecule has 12 heavy (non-hydrogen) atoms. The van der Waals surface area contributed by atoms with Crippen LogP contribution >= 0.6 is 11.6 Å². The zero-order valence-corrected chi connectivity index (χ0v) is 8.17. The lowest BCUT2D eigenvalue weighted by Gasteiger charge is -2.21. The fraction of sp³-hybridized carbons (Fsp3) is 0.778. The van der Waals surface area contributed by atoms with Crippen LogP contribution in [0.15, 0.2) is 11.6 Å². The van der Waals surface area contributed by atoms with Crippen molar-refractivity contribution in [2.45, 2.75) is 19.4 Å². The highest BCUT2D eigenvalue weighted by molar-refractivity contribution is 6.25. The Morgan fingerprint density at radius 1 is 1.67 bits per heavy atom. The fourth-order valence-electron chi connectivity index (χ4n) is 1.75. The molecule has 3 heteroatoms. The van der Waals surface area contributed by atoms with Crippen LogP contribution in [-0.4, -0.2) is 35.7 Å². The van der Waals surface area contributed by atoms with E-state index >= 15 is 0 Å². The van der Waals surface area contributed by atoms with Gasteiger partial charge in [-0.05, 0) is 25.8 Å². The first-order valence-corrected chi connectivity index (χ1v) is 4.83. The smallest absolute Gasteiger partial charge is 0.0474 e. The van der Waals surface area contributed by atoms with Crippen molar-refractivity contribution in [1.29, 1.82) is 0 Å². The van der Waals surface area contributed by atoms with Crippen LogP contribution in [0.3, 0.4) is 0 Å². The van der Waals surface area contributed by atoms with Gasteiger partial charge >= 0.3 is 0 Å². The first-order chi connectivity index (χ1) is 5.79. The second kappa shape index (κ2) is 4.85. The summed E-state index contributed by atoms with van der Waals surface area (Å²) in [6.07, 6.45) is 3.05. The Balaban J connectivity index is 2.38. The molecular weight excluding hydrogens is 174 g/mol. The minimum atomic E-state index is 0.308. The lowest BCUT2D eigenvalue weighted by Crippen LogP contribution is -2.31. The molecule has 0 radical (unpaired) electrons. The number of aliphatic hydroxyl groups is 1. The van der Waals surface area contributed by atoms with E-state index < -0.39 is 0 Å². The molecule has 1 heterocycles. The molecule has 1 fully saturated rings. The molecule has 1 aliphatic rings. The quantitative estimate of drug-likeness (QED) is 0.727. The van der Waals surface area contributed by atoms with Crippen LogP contribution in [0.5, 0.6) is 0 Å². The van der Waals surface area contributed by atoms with E-state index in [9.17, 15) is 0 Å². The number of halogens is 1. The van der Waals surface area contributed by atoms with Crippen LogP contribution in [0.1, 0.15) is 13.3 Å². The van der Waals surface area contributed by atoms with Crippen molar-refractivity contribution in [2.75, 3.05) is 19.7 Å². The molecule has 0 bridgehead atoms. The van der Waals surface area contributed by atoms with Gasteiger partial charge in [0.15, 0.2) is 0 Å². The van der Waals surface area contributed by atoms with E-state index in [4.69, 9.17) is 16.7 Å². The van der Waals surface area contributed by atoms with Crippen molar-refractivity contribution < 1.29 is 5.11 Å². The van der Waals surface area contributed by atoms with Gasteiger partial charge in [0, 0.05) is 24.7 Å². The Hall–Kier alpha value is -0.0500. The predicted molar refractivity (Wildman–Crippen MR) is 51.2 cm³/mol. The Labute approximate surface area is 78.8 Å². The van der Waals surface area contributed by atoms with Gasteiger partial charge in [0.2, 0.25) is 0 Å². The monoisotopic (exact) mass is 189 g/mol. The number of nitrogens with zero attached hydrogens (tertiary/aromatic N) is 1. The van der Waals surface area contributed by atoms with E-state index in [0.717, 1.165) is 19.5 Å². The Bertz CT molecular complexity index is 161. The second-order valence-corrected chi connectivity index (χ2v) is 3.58. The zero-order chi connectivity index (χ0) is 8.97. The zero-order valence-electron chi connectivity index (χ0n) is 7.41. The van der Waals surface area contributed by atoms with Crippen molar-refractivity contribution in [2.24, 2.45) is 5.92 Å². The SMILES string of the molecule is CC1C(CO)CCN1C/C=C/Cl. The Morgan fingerprint density at radius 2 is 2.42 bits per heavy atom. The largest absolute Gasteiger partial charge is 0.396 e. The molecule has 2 nitrogen and oxygen atoms in total. The van der Waals surface area contributed by atoms with Gasteiger partial charge in [-0.25, -0.2) is 0 Å². The third kappa shape index (κ3) is 2.22. The Morgan fingerprint density at radius 3 is 2.92 bits per heavy atom. The van der Waals surface area contributed by atoms with Gasteiger partial charge in [0.1, 0.15) is 0 Å². The van der Waals surface area contributed by atoms with E-state index in [-0.39, 0.29) is 0 Å². The maximum absolute atomic E-state index is 9.01. The number of rotatable bonds is 3. The molecule has 0 amide bonds. The van der Waals surface area contributed by atoms with Crippen molar-refractivity contribution >= 4 is 11.6 Å². The first kappa shape index (κ1) is 10.0. The topological polar surface area (TPSA) is 23.5 Å². The van der Waals surface area contributed by atoms with Crippen molar-refractivity contribution in [3.05, 3.63) is 11.6 Å². The molecule has 1 saturated heterocycles. The lowest BCUT2D eigenvalue weighted by atomic mass is 10.0. The van der Waals surface area contributed by atoms with Crippen molar-refractivity contribution in [3.8, 4) is 0 Å². The molecule has 70 valence electrons. The molecule has 1 N–H and O–H groups in total. The summed E-state index contributed by atoms with van der Waals surface area (Å²) < 4.78 is 0. The van der Waals surface area contributed by atoms with Crippen LogP contribution in [0.25, 0.3) is 0 Å². The molecule has 0 saturated carbocycles. The maximum atomic E-state index is 9.01. The van der Waals surface area contributed by atoms with Gasteiger partial charge in [0.25, 0.3) is 0 Å². The third-order valence-corrected chi connectivity index (χ3v) is 2.89. The number of hydrogen-bond donors (Lipinski definition) is 1. The predicted octanol–water partition coefficient (Wildman–Crippen LogP) is 1.44. The number of aliphatic hydroxyl groups excluding tert-OH is 1. The van der Waals surface area contributed by atoms with Crippen LogP contribution in [0, 0.1) is 5.92 Å². The molecule has 1 rings (SSSR count). The molecule has 0 aromatic carbocycles. The normalized spacial score (nSPS) is 31.9. The van der Waals surface area contributed by atoms with Crippen molar-refractivity contribution in [1.82, 2.24) is 4.90 Å². The van der Waals surface area contributed by atoms with Gasteiger partial charge in [-0.15, -0.1) is 0 Å². The average Bonchev–Trinajstić information content (AvgIpc) is 2.43. The summed E-state index contributed by atoms with van der Waals surface area (Å²) in [5.74, 6) is 0.453. The van der Waals surface area contributed by atoms with Crippen LogP contribution < -0.4 is 0 Å². The minimum Gasteiger partial charge on any atom is -0.396 e. The molecule has 2 unspecified atom stereocenters. The highest BCUT2D eigenvalue weighted by Crippen LogP contribution is 2.22. The molecular formula is C9H16ClNO. The third-order valence-electron chi connectivity index (χ3n) is 2.71. The molecule has 2 atom stereocenters. The molecule has 0 aliphatic carbocycles. The maximum Gasteiger partial charge on any atom is 0.0474 e. The standard InChI is InChI=1S/C9H16ClNO/c1-8-9(7-12)3-6-11(8)5-2-4-10/h2,4,8-9,12H,3,5-7H2,1H3/b4-2+. The number of likely N-dealkylation sites (tertiary alicyclic amines) is 1. The summed E-state index contributed by atoms with van der Waals surface area (Å²) in [6, 6.07) is 0.489. The summed E-state index contributed by atoms with van der Waals surface area (Å²) in [6.45, 7) is 4.45. The molecule has 0 aromatic rings. The Kier molecular flexibility index (Phi) is 4.06. The average molecular weight is 190 g/mol.